The molecule has 3 nitrogen and oxygen atoms in total. The van der Waals surface area contributed by atoms with Crippen molar-refractivity contribution in [2.45, 2.75) is 26.0 Å². The third-order valence-electron chi connectivity index (χ3n) is 2.63. The Bertz CT molecular complexity index is 426. The third-order valence-corrected chi connectivity index (χ3v) is 3.34. The second-order valence-corrected chi connectivity index (χ2v) is 6.26. The molecule has 0 saturated heterocycles. The van der Waals surface area contributed by atoms with Crippen molar-refractivity contribution in [3.05, 3.63) is 41.7 Å². The first-order valence-corrected chi connectivity index (χ1v) is 7.70. The Balaban J connectivity index is 2.69. The van der Waals surface area contributed by atoms with Gasteiger partial charge < -0.3 is 9.47 Å². The lowest BCUT2D eigenvalue weighted by Gasteiger charge is -2.16. The van der Waals surface area contributed by atoms with Gasteiger partial charge in [0, 0.05) is 0 Å². The van der Waals surface area contributed by atoms with Crippen LogP contribution in [0.3, 0.4) is 0 Å². The van der Waals surface area contributed by atoms with Crippen LogP contribution in [0.5, 0.6) is 0 Å². The number of hydrogen-bond acceptors (Lipinski definition) is 3. The van der Waals surface area contributed by atoms with Crippen LogP contribution in [0, 0.1) is 5.92 Å². The maximum absolute atomic E-state index is 12.0. The Labute approximate surface area is 118 Å². The number of ether oxygens (including phenoxy) is 2. The number of methoxy groups -OCH3 is 1. The van der Waals surface area contributed by atoms with Crippen molar-refractivity contribution in [3.8, 4) is 0 Å². The van der Waals surface area contributed by atoms with Crippen molar-refractivity contribution in [1.82, 2.24) is 0 Å². The standard InChI is InChI=1S/C15H22O3Si/c1-11(2)9-14(19)18-15(16)13(17-3)10-12-7-5-4-6-8-12/h4-8,10-11,14H,9H2,1-3,19H3. The van der Waals surface area contributed by atoms with E-state index < -0.39 is 0 Å². The second kappa shape index (κ2) is 7.79. The number of hydrogen-bond donors (Lipinski definition) is 0. The summed E-state index contributed by atoms with van der Waals surface area (Å²) >= 11 is 0. The molecule has 0 saturated carbocycles. The van der Waals surface area contributed by atoms with Crippen LogP contribution in [0.1, 0.15) is 25.8 Å². The first-order chi connectivity index (χ1) is 9.02. The fourth-order valence-electron chi connectivity index (χ4n) is 1.85. The Morgan fingerprint density at radius 3 is 2.47 bits per heavy atom. The molecule has 0 N–H and O–H groups in total. The molecule has 0 heterocycles. The molecule has 19 heavy (non-hydrogen) atoms. The van der Waals surface area contributed by atoms with E-state index in [1.165, 1.54) is 7.11 Å². The molecule has 1 atom stereocenters. The highest BCUT2D eigenvalue weighted by Crippen LogP contribution is 2.12. The highest BCUT2D eigenvalue weighted by atomic mass is 28.1. The van der Waals surface area contributed by atoms with E-state index in [-0.39, 0.29) is 17.5 Å². The van der Waals surface area contributed by atoms with Gasteiger partial charge in [-0.2, -0.15) is 0 Å². The molecule has 1 aromatic rings. The summed E-state index contributed by atoms with van der Waals surface area (Å²) in [6.07, 6.45) is 2.60. The van der Waals surface area contributed by atoms with E-state index in [0.717, 1.165) is 22.2 Å². The fourth-order valence-corrected chi connectivity index (χ4v) is 3.01. The molecule has 0 aliphatic rings. The predicted molar refractivity (Wildman–Crippen MR) is 80.7 cm³/mol. The zero-order valence-corrected chi connectivity index (χ0v) is 14.1. The SMILES string of the molecule is COC(=Cc1ccccc1)C(=O)OC([SiH3])CC(C)C. The van der Waals surface area contributed by atoms with E-state index in [1.807, 2.05) is 30.3 Å². The van der Waals surface area contributed by atoms with Gasteiger partial charge in [-0.15, -0.1) is 0 Å². The summed E-state index contributed by atoms with van der Waals surface area (Å²) in [5.41, 5.74) is 0.951. The lowest BCUT2D eigenvalue weighted by molar-refractivity contribution is -0.144. The van der Waals surface area contributed by atoms with Crippen LogP contribution in [0.15, 0.2) is 36.1 Å². The van der Waals surface area contributed by atoms with Gasteiger partial charge in [0.1, 0.15) is 0 Å². The predicted octanol–water partition coefficient (Wildman–Crippen LogP) is 1.95. The van der Waals surface area contributed by atoms with Gasteiger partial charge in [-0.05, 0) is 24.0 Å². The molecule has 0 aliphatic carbocycles. The third kappa shape index (κ3) is 5.74. The largest absolute Gasteiger partial charge is 0.490 e. The van der Waals surface area contributed by atoms with Crippen molar-refractivity contribution < 1.29 is 14.3 Å². The van der Waals surface area contributed by atoms with Crippen molar-refractivity contribution >= 4 is 22.3 Å². The average Bonchev–Trinajstić information content (AvgIpc) is 2.35. The molecular weight excluding hydrogens is 256 g/mol. The molecule has 104 valence electrons. The first-order valence-electron chi connectivity index (χ1n) is 6.54. The molecule has 1 unspecified atom stereocenters. The molecule has 0 spiro atoms. The van der Waals surface area contributed by atoms with Crippen LogP contribution in [-0.4, -0.2) is 29.0 Å². The molecule has 0 bridgehead atoms. The molecule has 0 radical (unpaired) electrons. The van der Waals surface area contributed by atoms with Crippen molar-refractivity contribution in [2.75, 3.05) is 7.11 Å². The molecule has 0 amide bonds. The quantitative estimate of drug-likeness (QED) is 0.345. The second-order valence-electron chi connectivity index (χ2n) is 4.97. The lowest BCUT2D eigenvalue weighted by Crippen LogP contribution is -2.21. The molecule has 0 aliphatic heterocycles. The minimum atomic E-state index is -0.382. The molecule has 0 fully saturated rings. The minimum absolute atomic E-state index is 0.0295. The summed E-state index contributed by atoms with van der Waals surface area (Å²) in [5.74, 6) is 0.391. The highest BCUT2D eigenvalue weighted by molar-refractivity contribution is 6.12. The molecule has 1 rings (SSSR count). The Morgan fingerprint density at radius 2 is 1.95 bits per heavy atom. The summed E-state index contributed by atoms with van der Waals surface area (Å²) in [7, 11) is 2.32. The smallest absolute Gasteiger partial charge is 0.373 e. The minimum Gasteiger partial charge on any atom is -0.490 e. The average molecular weight is 278 g/mol. The number of esters is 1. The van der Waals surface area contributed by atoms with E-state index in [2.05, 4.69) is 13.8 Å². The lowest BCUT2D eigenvalue weighted by atomic mass is 10.1. The van der Waals surface area contributed by atoms with Crippen LogP contribution < -0.4 is 0 Å². The van der Waals surface area contributed by atoms with E-state index in [4.69, 9.17) is 9.47 Å². The number of carbonyl (C=O) groups is 1. The van der Waals surface area contributed by atoms with Crippen LogP contribution in [-0.2, 0) is 14.3 Å². The summed E-state index contributed by atoms with van der Waals surface area (Å²) in [5, 5.41) is 0. The Kier molecular flexibility index (Phi) is 6.36. The van der Waals surface area contributed by atoms with Crippen molar-refractivity contribution in [2.24, 2.45) is 5.92 Å². The van der Waals surface area contributed by atoms with E-state index in [1.54, 1.807) is 6.08 Å². The molecular formula is C15H22O3Si. The zero-order chi connectivity index (χ0) is 14.3. The summed E-state index contributed by atoms with van der Waals surface area (Å²) in [6.45, 7) is 4.24. The maximum atomic E-state index is 12.0. The van der Waals surface area contributed by atoms with Crippen LogP contribution in [0.2, 0.25) is 0 Å². The van der Waals surface area contributed by atoms with Gasteiger partial charge in [0.2, 0.25) is 5.76 Å². The maximum Gasteiger partial charge on any atom is 0.373 e. The van der Waals surface area contributed by atoms with Crippen molar-refractivity contribution in [1.29, 1.82) is 0 Å². The van der Waals surface area contributed by atoms with E-state index in [0.29, 0.717) is 5.92 Å². The van der Waals surface area contributed by atoms with Crippen molar-refractivity contribution in [3.63, 3.8) is 0 Å². The van der Waals surface area contributed by atoms with Crippen LogP contribution >= 0.6 is 0 Å². The Hall–Kier alpha value is -1.55. The van der Waals surface area contributed by atoms with Crippen LogP contribution in [0.4, 0.5) is 0 Å². The van der Waals surface area contributed by atoms with Crippen LogP contribution in [0.25, 0.3) is 6.08 Å². The first kappa shape index (κ1) is 15.5. The molecule has 0 aromatic heterocycles. The number of benzene rings is 1. The topological polar surface area (TPSA) is 35.5 Å². The van der Waals surface area contributed by atoms with Gasteiger partial charge in [-0.25, -0.2) is 4.79 Å². The van der Waals surface area contributed by atoms with Gasteiger partial charge >= 0.3 is 5.97 Å². The monoisotopic (exact) mass is 278 g/mol. The summed E-state index contributed by atoms with van der Waals surface area (Å²) in [6, 6.07) is 9.59. The normalized spacial score (nSPS) is 13.4. The number of rotatable bonds is 6. The summed E-state index contributed by atoms with van der Waals surface area (Å²) in [4.78, 5) is 12.0. The van der Waals surface area contributed by atoms with E-state index >= 15 is 0 Å². The Morgan fingerprint density at radius 1 is 1.32 bits per heavy atom. The van der Waals surface area contributed by atoms with Gasteiger partial charge in [0.15, 0.2) is 0 Å². The van der Waals surface area contributed by atoms with Gasteiger partial charge in [-0.3, -0.25) is 0 Å². The highest BCUT2D eigenvalue weighted by Gasteiger charge is 2.16. The van der Waals surface area contributed by atoms with Gasteiger partial charge in [-0.1, -0.05) is 44.2 Å². The van der Waals surface area contributed by atoms with E-state index in [9.17, 15) is 4.79 Å². The summed E-state index contributed by atoms with van der Waals surface area (Å²) < 4.78 is 10.5. The molecule has 4 heteroatoms. The number of carbonyl (C=O) groups excluding carboxylic acids is 1. The fraction of sp³-hybridized carbons (Fsp3) is 0.400. The van der Waals surface area contributed by atoms with Gasteiger partial charge in [0.25, 0.3) is 0 Å². The molecule has 1 aromatic carbocycles. The van der Waals surface area contributed by atoms with Gasteiger partial charge in [0.05, 0.1) is 23.1 Å². The zero-order valence-electron chi connectivity index (χ0n) is 12.1.